The quantitative estimate of drug-likeness (QED) is 0.442. The number of carbonyl (C=O) groups excluding carboxylic acids is 1. The number of fused-ring (bicyclic) bond motifs is 1. The van der Waals surface area contributed by atoms with Crippen molar-refractivity contribution in [3.05, 3.63) is 45.4 Å². The SMILES string of the molecule is CC(C)(O)C1CCC(NC(=O)c2cnc3cc(N=[N+]=[N-])c(Cl)cc3c2)CC1. The molecular formula is C19H22ClN5O2. The van der Waals surface area contributed by atoms with Crippen molar-refractivity contribution in [3.8, 4) is 0 Å². The minimum Gasteiger partial charge on any atom is -0.390 e. The highest BCUT2D eigenvalue weighted by Crippen LogP contribution is 2.33. The molecule has 0 atom stereocenters. The van der Waals surface area contributed by atoms with Crippen LogP contribution in [0.3, 0.4) is 0 Å². The summed E-state index contributed by atoms with van der Waals surface area (Å²) in [6.07, 6.45) is 4.99. The number of amides is 1. The molecule has 7 nitrogen and oxygen atoms in total. The van der Waals surface area contributed by atoms with Crippen LogP contribution < -0.4 is 5.32 Å². The van der Waals surface area contributed by atoms with Gasteiger partial charge in [-0.2, -0.15) is 0 Å². The number of aliphatic hydroxyl groups is 1. The molecule has 1 saturated carbocycles. The summed E-state index contributed by atoms with van der Waals surface area (Å²) in [5, 5.41) is 17.7. The van der Waals surface area contributed by atoms with Gasteiger partial charge in [-0.05, 0) is 69.2 Å². The van der Waals surface area contributed by atoms with E-state index in [1.54, 1.807) is 18.2 Å². The maximum Gasteiger partial charge on any atom is 0.253 e. The Bertz CT molecular complexity index is 910. The zero-order chi connectivity index (χ0) is 19.6. The fourth-order valence-corrected chi connectivity index (χ4v) is 3.81. The summed E-state index contributed by atoms with van der Waals surface area (Å²) < 4.78 is 0. The van der Waals surface area contributed by atoms with Crippen LogP contribution in [-0.2, 0) is 0 Å². The number of carbonyl (C=O) groups is 1. The van der Waals surface area contributed by atoms with E-state index in [-0.39, 0.29) is 17.9 Å². The molecule has 1 amide bonds. The Kier molecular flexibility index (Phi) is 5.56. The topological polar surface area (TPSA) is 111 Å². The fraction of sp³-hybridized carbons (Fsp3) is 0.474. The Morgan fingerprint density at radius 2 is 2.04 bits per heavy atom. The second-order valence-corrected chi connectivity index (χ2v) is 7.99. The van der Waals surface area contributed by atoms with Crippen LogP contribution in [0, 0.1) is 5.92 Å². The van der Waals surface area contributed by atoms with Crippen LogP contribution in [0.25, 0.3) is 21.3 Å². The van der Waals surface area contributed by atoms with Crippen LogP contribution in [0.2, 0.25) is 5.02 Å². The van der Waals surface area contributed by atoms with Crippen LogP contribution in [0.4, 0.5) is 5.69 Å². The molecule has 1 aliphatic rings. The largest absolute Gasteiger partial charge is 0.390 e. The Morgan fingerprint density at radius 3 is 2.67 bits per heavy atom. The molecule has 0 aliphatic heterocycles. The molecule has 1 heterocycles. The highest BCUT2D eigenvalue weighted by atomic mass is 35.5. The van der Waals surface area contributed by atoms with Gasteiger partial charge < -0.3 is 10.4 Å². The fourth-order valence-electron chi connectivity index (χ4n) is 3.60. The maximum absolute atomic E-state index is 12.6. The average molecular weight is 388 g/mol. The third kappa shape index (κ3) is 4.50. The second-order valence-electron chi connectivity index (χ2n) is 7.59. The van der Waals surface area contributed by atoms with E-state index < -0.39 is 5.60 Å². The lowest BCUT2D eigenvalue weighted by Crippen LogP contribution is -2.41. The van der Waals surface area contributed by atoms with E-state index in [4.69, 9.17) is 17.1 Å². The van der Waals surface area contributed by atoms with Gasteiger partial charge in [0, 0.05) is 22.5 Å². The molecule has 1 aromatic heterocycles. The number of hydrogen-bond acceptors (Lipinski definition) is 4. The van der Waals surface area contributed by atoms with E-state index in [1.807, 2.05) is 13.8 Å². The number of rotatable bonds is 4. The number of benzene rings is 1. The highest BCUT2D eigenvalue weighted by molar-refractivity contribution is 6.33. The van der Waals surface area contributed by atoms with Gasteiger partial charge >= 0.3 is 0 Å². The van der Waals surface area contributed by atoms with Crippen molar-refractivity contribution < 1.29 is 9.90 Å². The van der Waals surface area contributed by atoms with Gasteiger partial charge in [0.1, 0.15) is 0 Å². The molecule has 0 saturated heterocycles. The predicted octanol–water partition coefficient (Wildman–Crippen LogP) is 4.89. The molecule has 142 valence electrons. The highest BCUT2D eigenvalue weighted by Gasteiger charge is 2.31. The van der Waals surface area contributed by atoms with E-state index >= 15 is 0 Å². The summed E-state index contributed by atoms with van der Waals surface area (Å²) in [6.45, 7) is 3.69. The maximum atomic E-state index is 12.6. The molecule has 8 heteroatoms. The van der Waals surface area contributed by atoms with Crippen LogP contribution in [0.1, 0.15) is 49.9 Å². The zero-order valence-corrected chi connectivity index (χ0v) is 16.1. The first-order chi connectivity index (χ1) is 12.8. The number of pyridine rings is 1. The molecule has 1 aromatic carbocycles. The lowest BCUT2D eigenvalue weighted by Gasteiger charge is -2.36. The van der Waals surface area contributed by atoms with Gasteiger partial charge in [0.05, 0.1) is 27.4 Å². The van der Waals surface area contributed by atoms with E-state index in [1.165, 1.54) is 6.20 Å². The molecule has 1 aliphatic carbocycles. The molecular weight excluding hydrogens is 366 g/mol. The number of nitrogens with one attached hydrogen (secondary N) is 1. The molecule has 2 N–H and O–H groups in total. The van der Waals surface area contributed by atoms with Crippen molar-refractivity contribution in [1.82, 2.24) is 10.3 Å². The van der Waals surface area contributed by atoms with E-state index in [9.17, 15) is 9.90 Å². The van der Waals surface area contributed by atoms with E-state index in [0.29, 0.717) is 27.2 Å². The molecule has 2 aromatic rings. The predicted molar refractivity (Wildman–Crippen MR) is 105 cm³/mol. The Labute approximate surface area is 162 Å². The number of azide groups is 1. The van der Waals surface area contributed by atoms with Gasteiger partial charge in [0.2, 0.25) is 0 Å². The normalized spacial score (nSPS) is 20.1. The van der Waals surface area contributed by atoms with Gasteiger partial charge in [-0.15, -0.1) is 0 Å². The van der Waals surface area contributed by atoms with Crippen molar-refractivity contribution in [2.75, 3.05) is 0 Å². The first kappa shape index (κ1) is 19.4. The summed E-state index contributed by atoms with van der Waals surface area (Å²) in [6, 6.07) is 5.06. The zero-order valence-electron chi connectivity index (χ0n) is 15.3. The van der Waals surface area contributed by atoms with Gasteiger partial charge in [-0.25, -0.2) is 0 Å². The number of aromatic nitrogens is 1. The lowest BCUT2D eigenvalue weighted by molar-refractivity contribution is -0.00257. The molecule has 0 unspecified atom stereocenters. The Balaban J connectivity index is 1.71. The average Bonchev–Trinajstić information content (AvgIpc) is 2.62. The van der Waals surface area contributed by atoms with Crippen molar-refractivity contribution in [2.45, 2.75) is 51.2 Å². The van der Waals surface area contributed by atoms with Gasteiger partial charge in [-0.3, -0.25) is 9.78 Å². The van der Waals surface area contributed by atoms with E-state index in [2.05, 4.69) is 20.3 Å². The minimum atomic E-state index is -0.676. The Morgan fingerprint density at radius 1 is 1.33 bits per heavy atom. The summed E-state index contributed by atoms with van der Waals surface area (Å²) in [5.74, 6) is 0.0896. The lowest BCUT2D eigenvalue weighted by atomic mass is 9.77. The summed E-state index contributed by atoms with van der Waals surface area (Å²) in [7, 11) is 0. The first-order valence-electron chi connectivity index (χ1n) is 8.95. The van der Waals surface area contributed by atoms with Crippen LogP contribution in [0.5, 0.6) is 0 Å². The number of hydrogen-bond donors (Lipinski definition) is 2. The van der Waals surface area contributed by atoms with Crippen LogP contribution in [0.15, 0.2) is 29.5 Å². The van der Waals surface area contributed by atoms with Gasteiger partial charge in [0.15, 0.2) is 0 Å². The van der Waals surface area contributed by atoms with Crippen molar-refractivity contribution in [1.29, 1.82) is 0 Å². The monoisotopic (exact) mass is 387 g/mol. The molecule has 27 heavy (non-hydrogen) atoms. The molecule has 0 spiro atoms. The van der Waals surface area contributed by atoms with Crippen LogP contribution in [-0.4, -0.2) is 27.6 Å². The van der Waals surface area contributed by atoms with Gasteiger partial charge in [0.25, 0.3) is 5.91 Å². The molecule has 0 bridgehead atoms. The second kappa shape index (κ2) is 7.72. The van der Waals surface area contributed by atoms with Gasteiger partial charge in [-0.1, -0.05) is 16.7 Å². The summed E-state index contributed by atoms with van der Waals surface area (Å²) >= 11 is 6.11. The number of nitrogens with zero attached hydrogens (tertiary/aromatic N) is 4. The first-order valence-corrected chi connectivity index (χ1v) is 9.33. The molecule has 1 fully saturated rings. The minimum absolute atomic E-state index is 0.0997. The van der Waals surface area contributed by atoms with Crippen molar-refractivity contribution >= 4 is 34.1 Å². The summed E-state index contributed by atoms with van der Waals surface area (Å²) in [5.41, 5.74) is 9.25. The third-order valence-electron chi connectivity index (χ3n) is 5.23. The molecule has 3 rings (SSSR count). The standard InChI is InChI=1S/C19H22ClN5O2/c1-19(2,27)13-3-5-14(6-4-13)23-18(26)12-7-11-8-15(20)17(24-25-21)9-16(11)22-10-12/h7-10,13-14,27H,3-6H2,1-2H3,(H,23,26). The smallest absolute Gasteiger partial charge is 0.253 e. The summed E-state index contributed by atoms with van der Waals surface area (Å²) in [4.78, 5) is 19.6. The van der Waals surface area contributed by atoms with Crippen molar-refractivity contribution in [3.63, 3.8) is 0 Å². The van der Waals surface area contributed by atoms with Crippen molar-refractivity contribution in [2.24, 2.45) is 11.0 Å². The van der Waals surface area contributed by atoms with Crippen LogP contribution >= 0.6 is 11.6 Å². The number of halogens is 1. The van der Waals surface area contributed by atoms with E-state index in [0.717, 1.165) is 25.7 Å². The Hall–Kier alpha value is -2.34. The molecule has 0 radical (unpaired) electrons. The third-order valence-corrected chi connectivity index (χ3v) is 5.53.